The number of hydrogen-bond acceptors (Lipinski definition) is 3. The van der Waals surface area contributed by atoms with Gasteiger partial charge in [0.05, 0.1) is 17.8 Å². The first kappa shape index (κ1) is 13.8. The largest absolute Gasteiger partial charge is 0.393 e. The highest BCUT2D eigenvalue weighted by Crippen LogP contribution is 2.46. The van der Waals surface area contributed by atoms with Gasteiger partial charge in [-0.05, 0) is 75.3 Å². The van der Waals surface area contributed by atoms with Crippen LogP contribution >= 0.6 is 0 Å². The van der Waals surface area contributed by atoms with Crippen LogP contribution in [0.5, 0.6) is 0 Å². The van der Waals surface area contributed by atoms with E-state index in [4.69, 9.17) is 10.8 Å². The maximum absolute atomic E-state index is 9.73. The highest BCUT2D eigenvalue weighted by atomic mass is 16.3. The van der Waals surface area contributed by atoms with E-state index in [0.717, 1.165) is 38.1 Å². The monoisotopic (exact) mass is 289 g/mol. The number of nitrogens with zero attached hydrogens (tertiary/aromatic N) is 2. The summed E-state index contributed by atoms with van der Waals surface area (Å²) in [7, 11) is 0. The number of aliphatic hydroxyl groups is 1. The van der Waals surface area contributed by atoms with Gasteiger partial charge in [-0.25, -0.2) is 0 Å². The Labute approximate surface area is 126 Å². The third kappa shape index (κ3) is 2.64. The number of hydrogen-bond donors (Lipinski definition) is 2. The molecule has 0 bridgehead atoms. The molecule has 0 saturated heterocycles. The second-order valence-corrected chi connectivity index (χ2v) is 7.46. The fourth-order valence-corrected chi connectivity index (χ4v) is 4.09. The highest BCUT2D eigenvalue weighted by molar-refractivity contribution is 5.29. The van der Waals surface area contributed by atoms with Crippen molar-refractivity contribution >= 4 is 0 Å². The summed E-state index contributed by atoms with van der Waals surface area (Å²) in [5.41, 5.74) is 8.63. The van der Waals surface area contributed by atoms with Crippen LogP contribution in [0.15, 0.2) is 6.20 Å². The van der Waals surface area contributed by atoms with E-state index in [1.165, 1.54) is 36.9 Å². The van der Waals surface area contributed by atoms with Crippen molar-refractivity contribution in [2.45, 2.75) is 75.3 Å². The Morgan fingerprint density at radius 3 is 2.38 bits per heavy atom. The smallest absolute Gasteiger partial charge is 0.0690 e. The molecule has 0 radical (unpaired) electrons. The van der Waals surface area contributed by atoms with Gasteiger partial charge >= 0.3 is 0 Å². The predicted octanol–water partition coefficient (Wildman–Crippen LogP) is 2.69. The van der Waals surface area contributed by atoms with E-state index in [1.807, 2.05) is 0 Å². The first-order valence-corrected chi connectivity index (χ1v) is 8.71. The zero-order valence-electron chi connectivity index (χ0n) is 12.7. The van der Waals surface area contributed by atoms with E-state index in [-0.39, 0.29) is 6.10 Å². The molecular weight excluding hydrogens is 262 g/mol. The SMILES string of the molecule is NCC1CC(n2cc(C3CCC(O)CC3)c(C3CC3)n2)C1. The predicted molar refractivity (Wildman–Crippen MR) is 82.2 cm³/mol. The molecule has 4 nitrogen and oxygen atoms in total. The van der Waals surface area contributed by atoms with Gasteiger partial charge in [0.25, 0.3) is 0 Å². The van der Waals surface area contributed by atoms with Gasteiger partial charge in [-0.3, -0.25) is 4.68 Å². The van der Waals surface area contributed by atoms with E-state index < -0.39 is 0 Å². The number of rotatable bonds is 4. The fourth-order valence-electron chi connectivity index (χ4n) is 4.09. The summed E-state index contributed by atoms with van der Waals surface area (Å²) in [5.74, 6) is 2.05. The zero-order chi connectivity index (χ0) is 14.4. The van der Waals surface area contributed by atoms with Gasteiger partial charge in [0.1, 0.15) is 0 Å². The topological polar surface area (TPSA) is 64.1 Å². The van der Waals surface area contributed by atoms with Crippen molar-refractivity contribution in [3.8, 4) is 0 Å². The Morgan fingerprint density at radius 2 is 1.76 bits per heavy atom. The first-order chi connectivity index (χ1) is 10.2. The van der Waals surface area contributed by atoms with Gasteiger partial charge in [0, 0.05) is 12.1 Å². The van der Waals surface area contributed by atoms with Gasteiger partial charge in [0.2, 0.25) is 0 Å². The Kier molecular flexibility index (Phi) is 3.54. The third-order valence-corrected chi connectivity index (χ3v) is 5.81. The van der Waals surface area contributed by atoms with E-state index in [2.05, 4.69) is 10.9 Å². The van der Waals surface area contributed by atoms with Gasteiger partial charge in [0.15, 0.2) is 0 Å². The van der Waals surface area contributed by atoms with Gasteiger partial charge in [-0.1, -0.05) is 0 Å². The quantitative estimate of drug-likeness (QED) is 0.895. The molecule has 3 N–H and O–H groups in total. The summed E-state index contributed by atoms with van der Waals surface area (Å²) in [5, 5.41) is 14.7. The second-order valence-electron chi connectivity index (χ2n) is 7.46. The molecule has 4 rings (SSSR count). The van der Waals surface area contributed by atoms with Crippen LogP contribution in [0.25, 0.3) is 0 Å². The first-order valence-electron chi connectivity index (χ1n) is 8.71. The Bertz CT molecular complexity index is 494. The van der Waals surface area contributed by atoms with E-state index in [9.17, 15) is 5.11 Å². The molecule has 0 unspecified atom stereocenters. The molecule has 0 atom stereocenters. The zero-order valence-corrected chi connectivity index (χ0v) is 12.7. The van der Waals surface area contributed by atoms with E-state index in [1.54, 1.807) is 0 Å². The summed E-state index contributed by atoms with van der Waals surface area (Å²) in [6, 6.07) is 0.582. The summed E-state index contributed by atoms with van der Waals surface area (Å²) < 4.78 is 2.25. The number of aliphatic hydroxyl groups excluding tert-OH is 1. The lowest BCUT2D eigenvalue weighted by atomic mass is 9.80. The van der Waals surface area contributed by atoms with Crippen LogP contribution in [0, 0.1) is 5.92 Å². The second kappa shape index (κ2) is 5.40. The van der Waals surface area contributed by atoms with E-state index in [0.29, 0.717) is 17.9 Å². The lowest BCUT2D eigenvalue weighted by Gasteiger charge is -2.34. The summed E-state index contributed by atoms with van der Waals surface area (Å²) in [6.07, 6.45) is 11.5. The average molecular weight is 289 g/mol. The van der Waals surface area contributed by atoms with Gasteiger partial charge in [-0.15, -0.1) is 0 Å². The van der Waals surface area contributed by atoms with Crippen molar-refractivity contribution in [3.63, 3.8) is 0 Å². The third-order valence-electron chi connectivity index (χ3n) is 5.81. The molecule has 1 heterocycles. The minimum Gasteiger partial charge on any atom is -0.393 e. The van der Waals surface area contributed by atoms with Crippen LogP contribution in [0.3, 0.4) is 0 Å². The molecule has 1 aromatic heterocycles. The van der Waals surface area contributed by atoms with Crippen molar-refractivity contribution in [2.24, 2.45) is 11.7 Å². The molecule has 3 aliphatic carbocycles. The highest BCUT2D eigenvalue weighted by Gasteiger charge is 2.36. The molecule has 116 valence electrons. The van der Waals surface area contributed by atoms with E-state index >= 15 is 0 Å². The van der Waals surface area contributed by atoms with Gasteiger partial charge in [-0.2, -0.15) is 5.10 Å². The number of nitrogens with two attached hydrogens (primary N) is 1. The molecule has 3 saturated carbocycles. The lowest BCUT2D eigenvalue weighted by molar-refractivity contribution is 0.122. The maximum Gasteiger partial charge on any atom is 0.0690 e. The van der Waals surface area contributed by atoms with Crippen molar-refractivity contribution in [2.75, 3.05) is 6.54 Å². The van der Waals surface area contributed by atoms with Crippen molar-refractivity contribution in [1.29, 1.82) is 0 Å². The van der Waals surface area contributed by atoms with Crippen LogP contribution in [0.1, 0.15) is 80.5 Å². The number of aromatic nitrogens is 2. The minimum atomic E-state index is -0.0717. The average Bonchev–Trinajstić information content (AvgIpc) is 3.20. The Balaban J connectivity index is 1.53. The summed E-state index contributed by atoms with van der Waals surface area (Å²) in [6.45, 7) is 0.820. The Hall–Kier alpha value is -0.870. The van der Waals surface area contributed by atoms with Crippen LogP contribution in [0.2, 0.25) is 0 Å². The Morgan fingerprint density at radius 1 is 1.10 bits per heavy atom. The molecule has 21 heavy (non-hydrogen) atoms. The van der Waals surface area contributed by atoms with Crippen LogP contribution in [-0.2, 0) is 0 Å². The fraction of sp³-hybridized carbons (Fsp3) is 0.824. The van der Waals surface area contributed by atoms with Crippen LogP contribution < -0.4 is 5.73 Å². The van der Waals surface area contributed by atoms with Crippen molar-refractivity contribution < 1.29 is 5.11 Å². The molecule has 1 aromatic rings. The van der Waals surface area contributed by atoms with Crippen LogP contribution in [0.4, 0.5) is 0 Å². The molecule has 4 heteroatoms. The van der Waals surface area contributed by atoms with Crippen molar-refractivity contribution in [3.05, 3.63) is 17.5 Å². The molecule has 3 fully saturated rings. The van der Waals surface area contributed by atoms with Gasteiger partial charge < -0.3 is 10.8 Å². The normalized spacial score (nSPS) is 36.5. The molecule has 0 amide bonds. The standard InChI is InChI=1S/C17H27N3O/c18-9-11-7-14(8-11)20-10-16(17(19-20)13-1-2-13)12-3-5-15(21)6-4-12/h10-15,21H,1-9,18H2. The summed E-state index contributed by atoms with van der Waals surface area (Å²) in [4.78, 5) is 0. The molecule has 3 aliphatic rings. The lowest BCUT2D eigenvalue weighted by Crippen LogP contribution is -2.32. The summed E-state index contributed by atoms with van der Waals surface area (Å²) >= 11 is 0. The minimum absolute atomic E-state index is 0.0717. The van der Waals surface area contributed by atoms with Crippen molar-refractivity contribution in [1.82, 2.24) is 9.78 Å². The molecule has 0 spiro atoms. The van der Waals surface area contributed by atoms with Crippen LogP contribution in [-0.4, -0.2) is 27.5 Å². The molecule has 0 aromatic carbocycles. The molecular formula is C17H27N3O. The maximum atomic E-state index is 9.73. The molecule has 0 aliphatic heterocycles.